The molecule has 0 aliphatic carbocycles. The first kappa shape index (κ1) is 15.4. The molecule has 0 fully saturated rings. The predicted octanol–water partition coefficient (Wildman–Crippen LogP) is 2.73. The van der Waals surface area contributed by atoms with Crippen molar-refractivity contribution in [3.8, 4) is 0 Å². The smallest absolute Gasteiger partial charge is 0.313 e. The van der Waals surface area contributed by atoms with Crippen molar-refractivity contribution in [1.29, 1.82) is 0 Å². The first-order valence-corrected chi connectivity index (χ1v) is 5.98. The molecule has 0 saturated carbocycles. The van der Waals surface area contributed by atoms with Gasteiger partial charge in [-0.1, -0.05) is 13.8 Å². The van der Waals surface area contributed by atoms with E-state index in [1.165, 1.54) is 0 Å². The van der Waals surface area contributed by atoms with Crippen LogP contribution in [0.1, 0.15) is 54.9 Å². The largest absolute Gasteiger partial charge is 0.462 e. The van der Waals surface area contributed by atoms with E-state index in [2.05, 4.69) is 13.8 Å². The third-order valence-corrected chi connectivity index (χ3v) is 3.23. The van der Waals surface area contributed by atoms with Gasteiger partial charge in [-0.05, 0) is 47.0 Å². The quantitative estimate of drug-likeness (QED) is 0.737. The molecule has 16 heavy (non-hydrogen) atoms. The first-order valence-electron chi connectivity index (χ1n) is 5.98. The third-order valence-electron chi connectivity index (χ3n) is 3.23. The maximum atomic E-state index is 12.0. The molecule has 96 valence electrons. The topological polar surface area (TPSA) is 52.3 Å². The van der Waals surface area contributed by atoms with E-state index in [0.717, 1.165) is 6.42 Å². The van der Waals surface area contributed by atoms with Crippen LogP contribution in [0, 0.1) is 11.3 Å². The molecule has 0 radical (unpaired) electrons. The highest BCUT2D eigenvalue weighted by Gasteiger charge is 2.42. The van der Waals surface area contributed by atoms with Crippen LogP contribution >= 0.6 is 0 Å². The highest BCUT2D eigenvalue weighted by molar-refractivity contribution is 5.77. The zero-order chi connectivity index (χ0) is 13.1. The molecule has 0 rings (SSSR count). The number of ether oxygens (including phenoxy) is 1. The molecule has 0 aliphatic heterocycles. The van der Waals surface area contributed by atoms with E-state index in [1.807, 2.05) is 34.6 Å². The zero-order valence-corrected chi connectivity index (χ0v) is 11.8. The van der Waals surface area contributed by atoms with Crippen LogP contribution in [0.5, 0.6) is 0 Å². The molecule has 0 aromatic rings. The second-order valence-corrected chi connectivity index (χ2v) is 6.19. The Hall–Kier alpha value is -0.570. The maximum Gasteiger partial charge on any atom is 0.313 e. The Bertz CT molecular complexity index is 239. The van der Waals surface area contributed by atoms with Gasteiger partial charge in [0, 0.05) is 5.54 Å². The van der Waals surface area contributed by atoms with Crippen molar-refractivity contribution in [3.05, 3.63) is 0 Å². The Balaban J connectivity index is 4.47. The van der Waals surface area contributed by atoms with Crippen LogP contribution in [0.15, 0.2) is 0 Å². The third kappa shape index (κ3) is 4.12. The van der Waals surface area contributed by atoms with Crippen LogP contribution in [-0.2, 0) is 9.53 Å². The van der Waals surface area contributed by atoms with Crippen molar-refractivity contribution >= 4 is 5.97 Å². The molecular formula is C13H27NO2. The lowest BCUT2D eigenvalue weighted by Gasteiger charge is -2.36. The molecule has 1 unspecified atom stereocenters. The van der Waals surface area contributed by atoms with Crippen LogP contribution in [0.2, 0.25) is 0 Å². The lowest BCUT2D eigenvalue weighted by atomic mass is 9.75. The van der Waals surface area contributed by atoms with Gasteiger partial charge < -0.3 is 10.5 Å². The minimum atomic E-state index is -0.668. The van der Waals surface area contributed by atoms with Crippen LogP contribution in [0.3, 0.4) is 0 Å². The Morgan fingerprint density at radius 1 is 1.19 bits per heavy atom. The molecule has 3 nitrogen and oxygen atoms in total. The van der Waals surface area contributed by atoms with Crippen LogP contribution < -0.4 is 5.73 Å². The van der Waals surface area contributed by atoms with Gasteiger partial charge in [-0.25, -0.2) is 0 Å². The van der Waals surface area contributed by atoms with Crippen molar-refractivity contribution < 1.29 is 9.53 Å². The minimum absolute atomic E-state index is 0.0471. The number of carbonyl (C=O) groups excluding carboxylic acids is 1. The molecular weight excluding hydrogens is 202 g/mol. The summed E-state index contributed by atoms with van der Waals surface area (Å²) in [6, 6.07) is 0. The summed E-state index contributed by atoms with van der Waals surface area (Å²) in [6.45, 7) is 13.5. The summed E-state index contributed by atoms with van der Waals surface area (Å²) < 4.78 is 5.43. The van der Waals surface area contributed by atoms with Gasteiger partial charge in [0.05, 0.1) is 11.5 Å². The highest BCUT2D eigenvalue weighted by Crippen LogP contribution is 2.30. The monoisotopic (exact) mass is 229 g/mol. The van der Waals surface area contributed by atoms with Crippen molar-refractivity contribution in [1.82, 2.24) is 0 Å². The number of rotatable bonds is 5. The second-order valence-electron chi connectivity index (χ2n) is 6.19. The summed E-state index contributed by atoms with van der Waals surface area (Å²) >= 11 is 0. The van der Waals surface area contributed by atoms with E-state index in [1.54, 1.807) is 0 Å². The van der Waals surface area contributed by atoms with E-state index in [0.29, 0.717) is 5.92 Å². The van der Waals surface area contributed by atoms with Crippen LogP contribution in [-0.4, -0.2) is 17.6 Å². The summed E-state index contributed by atoms with van der Waals surface area (Å²) in [5.74, 6) is 0.310. The molecule has 0 saturated heterocycles. The van der Waals surface area contributed by atoms with Gasteiger partial charge in [-0.15, -0.1) is 0 Å². The average Bonchev–Trinajstić information content (AvgIpc) is 1.99. The van der Waals surface area contributed by atoms with E-state index >= 15 is 0 Å². The van der Waals surface area contributed by atoms with Gasteiger partial charge in [0.1, 0.15) is 0 Å². The number of esters is 1. The van der Waals surface area contributed by atoms with E-state index in [-0.39, 0.29) is 12.1 Å². The van der Waals surface area contributed by atoms with Gasteiger partial charge in [0.2, 0.25) is 0 Å². The van der Waals surface area contributed by atoms with E-state index in [9.17, 15) is 4.79 Å². The molecule has 0 aromatic carbocycles. The average molecular weight is 229 g/mol. The Morgan fingerprint density at radius 2 is 1.62 bits per heavy atom. The summed E-state index contributed by atoms with van der Waals surface area (Å²) in [7, 11) is 0. The summed E-state index contributed by atoms with van der Waals surface area (Å²) in [6.07, 6.45) is 0.835. The van der Waals surface area contributed by atoms with Gasteiger partial charge in [-0.3, -0.25) is 4.79 Å². The number of hydrogen-bond donors (Lipinski definition) is 1. The molecule has 0 heterocycles. The Kier molecular flexibility index (Phi) is 4.99. The minimum Gasteiger partial charge on any atom is -0.462 e. The predicted molar refractivity (Wildman–Crippen MR) is 67.1 cm³/mol. The lowest BCUT2D eigenvalue weighted by Crippen LogP contribution is -2.53. The molecule has 0 aromatic heterocycles. The molecule has 0 bridgehead atoms. The normalized spacial score (nSPS) is 15.1. The van der Waals surface area contributed by atoms with Crippen molar-refractivity contribution in [2.45, 2.75) is 66.5 Å². The van der Waals surface area contributed by atoms with Crippen molar-refractivity contribution in [2.24, 2.45) is 17.1 Å². The SMILES string of the molecule is CC(C)CC(C)OC(=O)C(C)(C)C(C)(C)N. The molecule has 0 spiro atoms. The number of carbonyl (C=O) groups is 1. The van der Waals surface area contributed by atoms with E-state index < -0.39 is 11.0 Å². The van der Waals surface area contributed by atoms with Gasteiger partial charge >= 0.3 is 5.97 Å². The Labute approximate surface area is 99.7 Å². The van der Waals surface area contributed by atoms with Crippen molar-refractivity contribution in [2.75, 3.05) is 0 Å². The molecule has 1 atom stereocenters. The first-order chi connectivity index (χ1) is 6.98. The zero-order valence-electron chi connectivity index (χ0n) is 11.8. The summed E-state index contributed by atoms with van der Waals surface area (Å²) in [5, 5.41) is 0. The fraction of sp³-hybridized carbons (Fsp3) is 0.923. The van der Waals surface area contributed by atoms with Gasteiger partial charge in [0.25, 0.3) is 0 Å². The Morgan fingerprint density at radius 3 is 1.94 bits per heavy atom. The van der Waals surface area contributed by atoms with Gasteiger partial charge in [0.15, 0.2) is 0 Å². The number of hydrogen-bond acceptors (Lipinski definition) is 3. The molecule has 0 aliphatic rings. The standard InChI is InChI=1S/C13H27NO2/c1-9(2)8-10(3)16-11(15)12(4,5)13(6,7)14/h9-10H,8,14H2,1-7H3. The van der Waals surface area contributed by atoms with Crippen LogP contribution in [0.4, 0.5) is 0 Å². The lowest BCUT2D eigenvalue weighted by molar-refractivity contribution is -0.162. The van der Waals surface area contributed by atoms with Crippen LogP contribution in [0.25, 0.3) is 0 Å². The van der Waals surface area contributed by atoms with Crippen molar-refractivity contribution in [3.63, 3.8) is 0 Å². The summed E-state index contributed by atoms with van der Waals surface area (Å²) in [4.78, 5) is 12.0. The summed E-state index contributed by atoms with van der Waals surface area (Å²) in [5.41, 5.74) is 4.74. The van der Waals surface area contributed by atoms with E-state index in [4.69, 9.17) is 10.5 Å². The molecule has 0 amide bonds. The molecule has 2 N–H and O–H groups in total. The second kappa shape index (κ2) is 5.17. The highest BCUT2D eigenvalue weighted by atomic mass is 16.5. The fourth-order valence-corrected chi connectivity index (χ4v) is 1.31. The number of nitrogens with two attached hydrogens (primary N) is 1. The fourth-order valence-electron chi connectivity index (χ4n) is 1.31. The molecule has 3 heteroatoms. The van der Waals surface area contributed by atoms with Gasteiger partial charge in [-0.2, -0.15) is 0 Å². The maximum absolute atomic E-state index is 12.0.